The van der Waals surface area contributed by atoms with Gasteiger partial charge in [-0.25, -0.2) is 4.79 Å². The fourth-order valence-electron chi connectivity index (χ4n) is 6.34. The third-order valence-corrected chi connectivity index (χ3v) is 8.17. The molecular weight excluding hydrogens is 482 g/mol. The summed E-state index contributed by atoms with van der Waals surface area (Å²) in [4.78, 5) is 27.5. The minimum atomic E-state index is -2.31. The van der Waals surface area contributed by atoms with Gasteiger partial charge in [0.15, 0.2) is 23.2 Å². The van der Waals surface area contributed by atoms with E-state index in [4.69, 9.17) is 18.9 Å². The number of methoxy groups -OCH3 is 1. The number of carboxylic acids is 1. The Morgan fingerprint density at radius 1 is 1.16 bits per heavy atom. The van der Waals surface area contributed by atoms with Crippen molar-refractivity contribution >= 4 is 11.9 Å². The molecule has 0 amide bonds. The molecular formula is C27H35NO9. The minimum Gasteiger partial charge on any atom is -0.497 e. The number of hydrogen-bond donors (Lipinski definition) is 3. The van der Waals surface area contributed by atoms with Gasteiger partial charge in [0.05, 0.1) is 30.6 Å². The number of esters is 1. The lowest BCUT2D eigenvalue weighted by atomic mass is 9.77. The van der Waals surface area contributed by atoms with Gasteiger partial charge in [-0.15, -0.1) is 0 Å². The average Bonchev–Trinajstić information content (AvgIpc) is 3.50. The molecule has 0 bridgehead atoms. The first-order valence-electron chi connectivity index (χ1n) is 12.8. The molecule has 202 valence electrons. The lowest BCUT2D eigenvalue weighted by molar-refractivity contribution is -0.178. The van der Waals surface area contributed by atoms with Gasteiger partial charge in [-0.1, -0.05) is 0 Å². The topological polar surface area (TPSA) is 135 Å². The monoisotopic (exact) mass is 517 g/mol. The number of aliphatic hydroxyl groups is 2. The predicted octanol–water partition coefficient (Wildman–Crippen LogP) is 2.10. The molecule has 0 aromatic heterocycles. The van der Waals surface area contributed by atoms with E-state index >= 15 is 0 Å². The Morgan fingerprint density at radius 3 is 2.57 bits per heavy atom. The Balaban J connectivity index is 1.54. The molecule has 0 saturated carbocycles. The summed E-state index contributed by atoms with van der Waals surface area (Å²) in [5.41, 5.74) is -1.93. The molecule has 1 aromatic rings. The van der Waals surface area contributed by atoms with Crippen molar-refractivity contribution in [1.29, 1.82) is 0 Å². The Labute approximate surface area is 215 Å². The van der Waals surface area contributed by atoms with Crippen LogP contribution in [-0.2, 0) is 25.5 Å². The Morgan fingerprint density at radius 2 is 1.89 bits per heavy atom. The number of nitrogens with zero attached hydrogens (tertiary/aromatic N) is 1. The van der Waals surface area contributed by atoms with Crippen molar-refractivity contribution in [3.63, 3.8) is 0 Å². The van der Waals surface area contributed by atoms with Crippen molar-refractivity contribution in [2.45, 2.75) is 81.1 Å². The molecule has 0 unspecified atom stereocenters. The Hall–Kier alpha value is -2.82. The summed E-state index contributed by atoms with van der Waals surface area (Å²) in [5.74, 6) is -0.942. The highest BCUT2D eigenvalue weighted by molar-refractivity contribution is 5.85. The molecule has 0 radical (unpaired) electrons. The van der Waals surface area contributed by atoms with Crippen LogP contribution in [0.1, 0.15) is 63.0 Å². The summed E-state index contributed by atoms with van der Waals surface area (Å²) in [6.07, 6.45) is 2.67. The standard InChI is InChI=1S/C27H35NO9/c1-25(2,32)7-8-27(33,14-21(29)30)24(31)37-23-20(34-3)13-26-6-4-9-28(26)10-5-16-11-18-19(36-15-35-18)12-17(16)22(23)26/h11-13,22-23,32-33H,4-10,14-15H2,1-3H3,(H,29,30)/t22-,23-,26-,27-/m1/s1. The van der Waals surface area contributed by atoms with Crippen LogP contribution in [0.15, 0.2) is 24.0 Å². The van der Waals surface area contributed by atoms with Crippen LogP contribution in [0.4, 0.5) is 0 Å². The van der Waals surface area contributed by atoms with Crippen molar-refractivity contribution < 1.29 is 43.9 Å². The number of fused-ring (bicyclic) bond motifs is 3. The van der Waals surface area contributed by atoms with Gasteiger partial charge < -0.3 is 34.3 Å². The van der Waals surface area contributed by atoms with Crippen molar-refractivity contribution in [3.05, 3.63) is 35.1 Å². The van der Waals surface area contributed by atoms with Crippen LogP contribution in [0.5, 0.6) is 11.5 Å². The van der Waals surface area contributed by atoms with Crippen molar-refractivity contribution in [2.24, 2.45) is 0 Å². The number of carbonyl (C=O) groups excluding carboxylic acids is 1. The van der Waals surface area contributed by atoms with Crippen LogP contribution in [0.3, 0.4) is 0 Å². The molecule has 1 saturated heterocycles. The zero-order valence-electron chi connectivity index (χ0n) is 21.5. The largest absolute Gasteiger partial charge is 0.497 e. The third kappa shape index (κ3) is 4.55. The molecule has 1 spiro atoms. The number of hydrogen-bond acceptors (Lipinski definition) is 9. The van der Waals surface area contributed by atoms with Gasteiger partial charge in [0.1, 0.15) is 5.76 Å². The Kier molecular flexibility index (Phi) is 6.40. The first-order chi connectivity index (χ1) is 17.5. The molecule has 10 nitrogen and oxygen atoms in total. The molecule has 5 rings (SSSR count). The number of rotatable bonds is 8. The quantitative estimate of drug-likeness (QED) is 0.440. The number of ether oxygens (including phenoxy) is 4. The molecule has 10 heteroatoms. The molecule has 1 fully saturated rings. The number of carbonyl (C=O) groups is 2. The summed E-state index contributed by atoms with van der Waals surface area (Å²) in [6, 6.07) is 3.94. The van der Waals surface area contributed by atoms with E-state index in [1.54, 1.807) is 0 Å². The van der Waals surface area contributed by atoms with Gasteiger partial charge in [0, 0.05) is 6.54 Å². The number of carboxylic acid groups (broad SMARTS) is 1. The molecule has 1 aromatic carbocycles. The molecule has 3 N–H and O–H groups in total. The molecule has 4 atom stereocenters. The second-order valence-corrected chi connectivity index (χ2v) is 11.2. The fourth-order valence-corrected chi connectivity index (χ4v) is 6.34. The molecule has 3 aliphatic heterocycles. The van der Waals surface area contributed by atoms with Crippen molar-refractivity contribution in [3.8, 4) is 11.5 Å². The van der Waals surface area contributed by atoms with E-state index in [-0.39, 0.29) is 25.6 Å². The highest BCUT2D eigenvalue weighted by Crippen LogP contribution is 2.55. The van der Waals surface area contributed by atoms with Gasteiger partial charge in [0.25, 0.3) is 0 Å². The van der Waals surface area contributed by atoms with E-state index in [2.05, 4.69) is 4.90 Å². The van der Waals surface area contributed by atoms with Gasteiger partial charge in [-0.2, -0.15) is 0 Å². The third-order valence-electron chi connectivity index (χ3n) is 8.17. The highest BCUT2D eigenvalue weighted by atomic mass is 16.7. The fraction of sp³-hybridized carbons (Fsp3) is 0.630. The van der Waals surface area contributed by atoms with E-state index in [1.807, 2.05) is 18.2 Å². The van der Waals surface area contributed by atoms with Gasteiger partial charge >= 0.3 is 11.9 Å². The second-order valence-electron chi connectivity index (χ2n) is 11.2. The molecule has 4 aliphatic rings. The average molecular weight is 518 g/mol. The first kappa shape index (κ1) is 25.8. The van der Waals surface area contributed by atoms with Crippen LogP contribution < -0.4 is 9.47 Å². The number of aliphatic carboxylic acids is 1. The summed E-state index contributed by atoms with van der Waals surface area (Å²) < 4.78 is 23.0. The van der Waals surface area contributed by atoms with E-state index in [9.17, 15) is 24.9 Å². The van der Waals surface area contributed by atoms with Crippen molar-refractivity contribution in [2.75, 3.05) is 27.0 Å². The summed E-state index contributed by atoms with van der Waals surface area (Å²) in [5, 5.41) is 30.8. The van der Waals surface area contributed by atoms with Crippen LogP contribution in [-0.4, -0.2) is 82.0 Å². The normalized spacial score (nSPS) is 27.9. The van der Waals surface area contributed by atoms with Gasteiger partial charge in [0.2, 0.25) is 6.79 Å². The zero-order chi connectivity index (χ0) is 26.6. The second kappa shape index (κ2) is 9.18. The van der Waals surface area contributed by atoms with Crippen molar-refractivity contribution in [1.82, 2.24) is 4.90 Å². The van der Waals surface area contributed by atoms with Crippen LogP contribution in [0.25, 0.3) is 0 Å². The van der Waals surface area contributed by atoms with E-state index in [0.717, 1.165) is 43.5 Å². The zero-order valence-corrected chi connectivity index (χ0v) is 21.5. The van der Waals surface area contributed by atoms with Gasteiger partial charge in [-0.3, -0.25) is 9.69 Å². The number of benzene rings is 1. The maximum absolute atomic E-state index is 13.5. The van der Waals surface area contributed by atoms with Crippen LogP contribution in [0.2, 0.25) is 0 Å². The SMILES string of the molecule is COC1=C[C@@]23CCCN2CCc2cc4c(cc2[C@@H]3[C@@H]1OC(=O)[C@@](O)(CCC(C)(C)O)CC(=O)O)OCO4. The van der Waals surface area contributed by atoms with Crippen LogP contribution in [0, 0.1) is 0 Å². The smallest absolute Gasteiger partial charge is 0.339 e. The maximum Gasteiger partial charge on any atom is 0.339 e. The van der Waals surface area contributed by atoms with Crippen LogP contribution >= 0.6 is 0 Å². The maximum atomic E-state index is 13.5. The van der Waals surface area contributed by atoms with E-state index in [1.165, 1.54) is 21.0 Å². The lowest BCUT2D eigenvalue weighted by Gasteiger charge is -2.39. The lowest BCUT2D eigenvalue weighted by Crippen LogP contribution is -2.49. The predicted molar refractivity (Wildman–Crippen MR) is 130 cm³/mol. The summed E-state index contributed by atoms with van der Waals surface area (Å²) >= 11 is 0. The minimum absolute atomic E-state index is 0.0109. The molecule has 37 heavy (non-hydrogen) atoms. The van der Waals surface area contributed by atoms with E-state index < -0.39 is 41.2 Å². The molecule has 3 heterocycles. The highest BCUT2D eigenvalue weighted by Gasteiger charge is 2.59. The molecule has 1 aliphatic carbocycles. The first-order valence-corrected chi connectivity index (χ1v) is 12.8. The Bertz CT molecular complexity index is 1130. The van der Waals surface area contributed by atoms with Gasteiger partial charge in [-0.05, 0) is 81.8 Å². The summed E-state index contributed by atoms with van der Waals surface area (Å²) in [6.45, 7) is 4.91. The van der Waals surface area contributed by atoms with E-state index in [0.29, 0.717) is 17.3 Å². The summed E-state index contributed by atoms with van der Waals surface area (Å²) in [7, 11) is 1.52.